The van der Waals surface area contributed by atoms with Crippen LogP contribution in [0.25, 0.3) is 82.9 Å². The van der Waals surface area contributed by atoms with Crippen molar-refractivity contribution in [3.8, 4) is 39.1 Å². The van der Waals surface area contributed by atoms with E-state index in [1.807, 2.05) is 18.3 Å². The van der Waals surface area contributed by atoms with Crippen LogP contribution in [0.15, 0.2) is 162 Å². The molecular weight excluding hydrogens is 536 g/mol. The lowest BCUT2D eigenvalue weighted by molar-refractivity contribution is 0.669. The average molecular weight is 563 g/mol. The summed E-state index contributed by atoms with van der Waals surface area (Å²) in [5.74, 6) is 0. The molecule has 0 N–H and O–H groups in total. The molecule has 0 unspecified atom stereocenters. The van der Waals surface area contributed by atoms with Crippen molar-refractivity contribution in [3.05, 3.63) is 158 Å². The molecule has 0 atom stereocenters. The highest BCUT2D eigenvalue weighted by Crippen LogP contribution is 2.40. The summed E-state index contributed by atoms with van der Waals surface area (Å²) in [7, 11) is 0. The molecule has 0 aliphatic rings. The number of furan rings is 1. The highest BCUT2D eigenvalue weighted by Gasteiger charge is 2.17. The number of para-hydroxylation sites is 2. The molecule has 0 saturated heterocycles. The van der Waals surface area contributed by atoms with E-state index in [1.165, 1.54) is 21.8 Å². The van der Waals surface area contributed by atoms with Gasteiger partial charge in [0.1, 0.15) is 11.1 Å². The zero-order valence-electron chi connectivity index (χ0n) is 23.8. The summed E-state index contributed by atoms with van der Waals surface area (Å²) in [6.45, 7) is 0. The molecule has 0 spiro atoms. The number of benzene rings is 6. The minimum atomic E-state index is 0.795. The molecule has 0 amide bonds. The molecule has 3 heterocycles. The molecule has 9 aromatic rings. The van der Waals surface area contributed by atoms with Crippen LogP contribution in [0.2, 0.25) is 0 Å². The molecule has 3 heteroatoms. The summed E-state index contributed by atoms with van der Waals surface area (Å²) >= 11 is 0. The zero-order chi connectivity index (χ0) is 29.0. The van der Waals surface area contributed by atoms with E-state index in [2.05, 4.69) is 149 Å². The standard InChI is InChI=1S/C41H26N2O/c1-2-11-27(12-3-1)31-25-35(41-36(26-31)40-39(44-41)21-10-22-42-40)30-15-8-13-28(23-30)29-14-9-16-32(24-29)43-37-19-6-4-17-33(37)34-18-5-7-20-38(34)43/h1-26H. The van der Waals surface area contributed by atoms with E-state index >= 15 is 0 Å². The van der Waals surface area contributed by atoms with Crippen LogP contribution in [-0.4, -0.2) is 9.55 Å². The Morgan fingerprint density at radius 3 is 1.91 bits per heavy atom. The number of pyridine rings is 1. The molecule has 0 aliphatic heterocycles. The molecule has 9 rings (SSSR count). The average Bonchev–Trinajstić information content (AvgIpc) is 3.64. The summed E-state index contributed by atoms with van der Waals surface area (Å²) in [5, 5.41) is 3.55. The highest BCUT2D eigenvalue weighted by molar-refractivity contribution is 6.10. The Morgan fingerprint density at radius 2 is 1.11 bits per heavy atom. The maximum atomic E-state index is 6.46. The van der Waals surface area contributed by atoms with Crippen molar-refractivity contribution in [2.24, 2.45) is 0 Å². The van der Waals surface area contributed by atoms with E-state index in [4.69, 9.17) is 4.42 Å². The molecule has 6 aromatic carbocycles. The smallest absolute Gasteiger partial charge is 0.153 e. The number of rotatable bonds is 4. The van der Waals surface area contributed by atoms with Crippen molar-refractivity contribution in [1.82, 2.24) is 9.55 Å². The fourth-order valence-corrected chi connectivity index (χ4v) is 6.60. The number of hydrogen-bond acceptors (Lipinski definition) is 2. The maximum absolute atomic E-state index is 6.46. The van der Waals surface area contributed by atoms with Gasteiger partial charge in [0, 0.05) is 33.6 Å². The Hall–Kier alpha value is -5.93. The Bertz CT molecular complexity index is 2450. The zero-order valence-corrected chi connectivity index (χ0v) is 23.8. The normalized spacial score (nSPS) is 11.6. The van der Waals surface area contributed by atoms with Crippen LogP contribution in [0.5, 0.6) is 0 Å². The van der Waals surface area contributed by atoms with E-state index in [1.54, 1.807) is 0 Å². The van der Waals surface area contributed by atoms with Gasteiger partial charge in [0.25, 0.3) is 0 Å². The lowest BCUT2D eigenvalue weighted by atomic mass is 9.94. The van der Waals surface area contributed by atoms with Gasteiger partial charge in [-0.1, -0.05) is 97.1 Å². The largest absolute Gasteiger partial charge is 0.454 e. The van der Waals surface area contributed by atoms with Gasteiger partial charge in [-0.3, -0.25) is 4.98 Å². The predicted octanol–water partition coefficient (Wildman–Crippen LogP) is 11.1. The van der Waals surface area contributed by atoms with Gasteiger partial charge in [-0.2, -0.15) is 0 Å². The van der Waals surface area contributed by atoms with E-state index in [0.717, 1.165) is 61.1 Å². The highest BCUT2D eigenvalue weighted by atomic mass is 16.3. The summed E-state index contributed by atoms with van der Waals surface area (Å²) in [6.07, 6.45) is 1.83. The van der Waals surface area contributed by atoms with Gasteiger partial charge >= 0.3 is 0 Å². The summed E-state index contributed by atoms with van der Waals surface area (Å²) in [5.41, 5.74) is 12.9. The number of nitrogens with zero attached hydrogens (tertiary/aromatic N) is 2. The SMILES string of the molecule is c1ccc(-c2cc(-c3cccc(-c4cccc(-n5c6ccccc6c6ccccc65)c4)c3)c3oc4cccnc4c3c2)cc1. The summed E-state index contributed by atoms with van der Waals surface area (Å²) in [4.78, 5) is 4.69. The molecule has 0 aliphatic carbocycles. The van der Waals surface area contributed by atoms with Crippen molar-refractivity contribution >= 4 is 43.9 Å². The summed E-state index contributed by atoms with van der Waals surface area (Å²) < 4.78 is 8.83. The third-order valence-electron chi connectivity index (χ3n) is 8.63. The van der Waals surface area contributed by atoms with E-state index < -0.39 is 0 Å². The van der Waals surface area contributed by atoms with Crippen LogP contribution < -0.4 is 0 Å². The lowest BCUT2D eigenvalue weighted by Crippen LogP contribution is -1.94. The maximum Gasteiger partial charge on any atom is 0.153 e. The van der Waals surface area contributed by atoms with E-state index in [-0.39, 0.29) is 0 Å². The van der Waals surface area contributed by atoms with Gasteiger partial charge in [0.05, 0.1) is 11.0 Å². The van der Waals surface area contributed by atoms with E-state index in [9.17, 15) is 0 Å². The van der Waals surface area contributed by atoms with Crippen molar-refractivity contribution in [2.75, 3.05) is 0 Å². The lowest BCUT2D eigenvalue weighted by Gasteiger charge is -2.12. The minimum Gasteiger partial charge on any atom is -0.454 e. The Labute approximate surface area is 254 Å². The fraction of sp³-hybridized carbons (Fsp3) is 0. The molecule has 0 bridgehead atoms. The quantitative estimate of drug-likeness (QED) is 0.214. The number of hydrogen-bond donors (Lipinski definition) is 0. The fourth-order valence-electron chi connectivity index (χ4n) is 6.60. The first kappa shape index (κ1) is 24.6. The molecule has 0 radical (unpaired) electrons. The second-order valence-electron chi connectivity index (χ2n) is 11.2. The number of aromatic nitrogens is 2. The van der Waals surface area contributed by atoms with Gasteiger partial charge in [-0.25, -0.2) is 0 Å². The molecule has 0 fully saturated rings. The predicted molar refractivity (Wildman–Crippen MR) is 182 cm³/mol. The molecular formula is C41H26N2O. The van der Waals surface area contributed by atoms with Crippen LogP contribution in [0.3, 0.4) is 0 Å². The second kappa shape index (κ2) is 9.82. The number of fused-ring (bicyclic) bond motifs is 6. The Morgan fingerprint density at radius 1 is 0.455 bits per heavy atom. The monoisotopic (exact) mass is 562 g/mol. The molecule has 3 nitrogen and oxygen atoms in total. The Balaban J connectivity index is 1.22. The van der Waals surface area contributed by atoms with Crippen LogP contribution in [0.4, 0.5) is 0 Å². The first-order chi connectivity index (χ1) is 21.8. The first-order valence-corrected chi connectivity index (χ1v) is 14.9. The van der Waals surface area contributed by atoms with Crippen LogP contribution in [0.1, 0.15) is 0 Å². The first-order valence-electron chi connectivity index (χ1n) is 14.9. The minimum absolute atomic E-state index is 0.795. The van der Waals surface area contributed by atoms with Gasteiger partial charge in [0.2, 0.25) is 0 Å². The third kappa shape index (κ3) is 3.87. The van der Waals surface area contributed by atoms with Crippen LogP contribution in [0, 0.1) is 0 Å². The second-order valence-corrected chi connectivity index (χ2v) is 11.2. The van der Waals surface area contributed by atoms with Gasteiger partial charge in [-0.05, 0) is 82.4 Å². The van der Waals surface area contributed by atoms with Crippen molar-refractivity contribution in [2.45, 2.75) is 0 Å². The summed E-state index contributed by atoms with van der Waals surface area (Å²) in [6, 6.07) is 53.7. The van der Waals surface area contributed by atoms with Crippen LogP contribution in [-0.2, 0) is 0 Å². The topological polar surface area (TPSA) is 31.0 Å². The van der Waals surface area contributed by atoms with Crippen molar-refractivity contribution in [1.29, 1.82) is 0 Å². The van der Waals surface area contributed by atoms with Crippen molar-refractivity contribution in [3.63, 3.8) is 0 Å². The third-order valence-corrected chi connectivity index (χ3v) is 8.63. The van der Waals surface area contributed by atoms with Gasteiger partial charge in [-0.15, -0.1) is 0 Å². The molecule has 206 valence electrons. The molecule has 44 heavy (non-hydrogen) atoms. The van der Waals surface area contributed by atoms with Crippen LogP contribution >= 0.6 is 0 Å². The van der Waals surface area contributed by atoms with Gasteiger partial charge in [0.15, 0.2) is 5.58 Å². The van der Waals surface area contributed by atoms with Gasteiger partial charge < -0.3 is 8.98 Å². The van der Waals surface area contributed by atoms with E-state index in [0.29, 0.717) is 0 Å². The Kier molecular flexibility index (Phi) is 5.50. The molecule has 0 saturated carbocycles. The van der Waals surface area contributed by atoms with Crippen molar-refractivity contribution < 1.29 is 4.42 Å². The molecule has 3 aromatic heterocycles.